The first-order chi connectivity index (χ1) is 17.5. The van der Waals surface area contributed by atoms with Crippen LogP contribution in [0.15, 0.2) is 89.7 Å². The molecule has 0 bridgehead atoms. The Kier molecular flexibility index (Phi) is 6.71. The van der Waals surface area contributed by atoms with Crippen LogP contribution in [0.4, 0.5) is 17.1 Å². The van der Waals surface area contributed by atoms with E-state index in [1.807, 2.05) is 0 Å². The summed E-state index contributed by atoms with van der Waals surface area (Å²) >= 11 is 4.80. The van der Waals surface area contributed by atoms with E-state index in [0.717, 1.165) is 27.6 Å². The Bertz CT molecular complexity index is 1480. The smallest absolute Gasteiger partial charge is 0.209 e. The fourth-order valence-electron chi connectivity index (χ4n) is 4.58. The van der Waals surface area contributed by atoms with E-state index < -0.39 is 0 Å². The Morgan fingerprint density at radius 1 is 0.676 bits per heavy atom. The molecule has 0 radical (unpaired) electrons. The highest BCUT2D eigenvalue weighted by Crippen LogP contribution is 2.39. The van der Waals surface area contributed by atoms with Crippen LogP contribution in [0.5, 0.6) is 0 Å². The van der Waals surface area contributed by atoms with Gasteiger partial charge in [-0.05, 0) is 96.6 Å². The van der Waals surface area contributed by atoms with Crippen molar-refractivity contribution in [1.82, 2.24) is 9.36 Å². The number of hydrogen-bond acceptors (Lipinski definition) is 4. The highest BCUT2D eigenvalue weighted by atomic mass is 79.9. The summed E-state index contributed by atoms with van der Waals surface area (Å²) in [4.78, 5) is 6.89. The normalized spacial score (nSPS) is 12.2. The van der Waals surface area contributed by atoms with E-state index >= 15 is 0 Å². The largest absolute Gasteiger partial charge is 0.310 e. The highest BCUT2D eigenvalue weighted by Gasteiger charge is 2.19. The lowest BCUT2D eigenvalue weighted by Gasteiger charge is -2.28. The highest BCUT2D eigenvalue weighted by molar-refractivity contribution is 9.10. The molecule has 0 N–H and O–H groups in total. The van der Waals surface area contributed by atoms with Gasteiger partial charge in [0.25, 0.3) is 0 Å². The predicted octanol–water partition coefficient (Wildman–Crippen LogP) is 10.2. The maximum atomic E-state index is 4.55. The average molecular weight is 571 g/mol. The van der Waals surface area contributed by atoms with Crippen molar-refractivity contribution >= 4 is 55.3 Å². The second-order valence-corrected chi connectivity index (χ2v) is 13.0. The minimum atomic E-state index is 0.108. The van der Waals surface area contributed by atoms with Gasteiger partial charge in [-0.2, -0.15) is 4.37 Å². The Hall–Kier alpha value is -3.02. The van der Waals surface area contributed by atoms with Gasteiger partial charge in [-0.15, -0.1) is 0 Å². The van der Waals surface area contributed by atoms with Crippen molar-refractivity contribution in [3.8, 4) is 10.6 Å². The average Bonchev–Trinajstić information content (AvgIpc) is 3.29. The number of fused-ring (bicyclic) bond motifs is 1. The number of nitrogens with zero attached hydrogens (tertiary/aromatic N) is 3. The summed E-state index contributed by atoms with van der Waals surface area (Å²) < 4.78 is 4.94. The molecular formula is C32H32BrN3S. The Labute approximate surface area is 232 Å². The van der Waals surface area contributed by atoms with Gasteiger partial charge in [0.15, 0.2) is 0 Å². The molecule has 0 aliphatic carbocycles. The van der Waals surface area contributed by atoms with Crippen LogP contribution in [0.25, 0.3) is 21.3 Å². The minimum Gasteiger partial charge on any atom is -0.310 e. The van der Waals surface area contributed by atoms with Crippen LogP contribution < -0.4 is 4.90 Å². The van der Waals surface area contributed by atoms with Gasteiger partial charge in [0.1, 0.15) is 5.01 Å². The predicted molar refractivity (Wildman–Crippen MR) is 163 cm³/mol. The minimum absolute atomic E-state index is 0.108. The zero-order chi connectivity index (χ0) is 26.4. The topological polar surface area (TPSA) is 29.0 Å². The molecule has 1 heterocycles. The molecule has 0 saturated carbocycles. The van der Waals surface area contributed by atoms with Gasteiger partial charge in [-0.25, -0.2) is 4.98 Å². The fourth-order valence-corrected chi connectivity index (χ4v) is 5.70. The number of aromatic nitrogens is 2. The molecule has 188 valence electrons. The van der Waals surface area contributed by atoms with Crippen LogP contribution in [0, 0.1) is 0 Å². The summed E-state index contributed by atoms with van der Waals surface area (Å²) in [5, 5.41) is 3.25. The maximum absolute atomic E-state index is 4.55. The standard InChI is InChI=1S/C32H32BrN3S/c1-31(2,3)22-10-14-24(15-11-22)36(25-16-12-23(13-17-25)32(4,5)6)26-18-19-27-21(20-26)8-7-9-28(27)29-34-30(33)35-37-29/h7-20H,1-6H3. The molecule has 0 unspecified atom stereocenters. The lowest BCUT2D eigenvalue weighted by molar-refractivity contribution is 0.590. The monoisotopic (exact) mass is 569 g/mol. The number of hydrogen-bond donors (Lipinski definition) is 0. The van der Waals surface area contributed by atoms with Crippen molar-refractivity contribution in [3.63, 3.8) is 0 Å². The van der Waals surface area contributed by atoms with Crippen molar-refractivity contribution < 1.29 is 0 Å². The van der Waals surface area contributed by atoms with Crippen LogP contribution in [-0.2, 0) is 10.8 Å². The molecule has 0 spiro atoms. The first-order valence-electron chi connectivity index (χ1n) is 12.5. The Morgan fingerprint density at radius 2 is 1.22 bits per heavy atom. The van der Waals surface area contributed by atoms with Crippen LogP contribution in [0.3, 0.4) is 0 Å². The van der Waals surface area contributed by atoms with E-state index in [1.165, 1.54) is 33.4 Å². The zero-order valence-corrected chi connectivity index (χ0v) is 24.6. The van der Waals surface area contributed by atoms with Crippen molar-refractivity contribution in [2.45, 2.75) is 52.4 Å². The Balaban J connectivity index is 1.63. The molecule has 0 aliphatic rings. The summed E-state index contributed by atoms with van der Waals surface area (Å²) in [6.07, 6.45) is 0. The third-order valence-corrected chi connectivity index (χ3v) is 8.07. The maximum Gasteiger partial charge on any atom is 0.209 e. The number of halogens is 1. The van der Waals surface area contributed by atoms with E-state index in [9.17, 15) is 0 Å². The van der Waals surface area contributed by atoms with Crippen LogP contribution in [0.1, 0.15) is 52.7 Å². The van der Waals surface area contributed by atoms with Crippen LogP contribution in [0.2, 0.25) is 0 Å². The molecule has 5 heteroatoms. The number of rotatable bonds is 4. The lowest BCUT2D eigenvalue weighted by Crippen LogP contribution is -2.14. The molecule has 4 aromatic carbocycles. The van der Waals surface area contributed by atoms with E-state index in [4.69, 9.17) is 0 Å². The molecule has 0 saturated heterocycles. The molecule has 37 heavy (non-hydrogen) atoms. The Morgan fingerprint density at radius 3 is 1.70 bits per heavy atom. The van der Waals surface area contributed by atoms with Crippen LogP contribution in [-0.4, -0.2) is 9.36 Å². The first-order valence-corrected chi connectivity index (χ1v) is 14.1. The molecule has 0 aliphatic heterocycles. The van der Waals surface area contributed by atoms with Gasteiger partial charge in [0, 0.05) is 22.6 Å². The summed E-state index contributed by atoms with van der Waals surface area (Å²) in [5.74, 6) is 0. The molecule has 5 rings (SSSR count). The van der Waals surface area contributed by atoms with Gasteiger partial charge < -0.3 is 4.90 Å². The lowest BCUT2D eigenvalue weighted by atomic mass is 9.86. The molecular weight excluding hydrogens is 538 g/mol. The molecule has 0 atom stereocenters. The third kappa shape index (κ3) is 5.34. The van der Waals surface area contributed by atoms with Crippen molar-refractivity contribution in [2.75, 3.05) is 4.90 Å². The van der Waals surface area contributed by atoms with Gasteiger partial charge in [0.2, 0.25) is 4.73 Å². The van der Waals surface area contributed by atoms with Crippen molar-refractivity contribution in [2.24, 2.45) is 0 Å². The second kappa shape index (κ2) is 9.70. The summed E-state index contributed by atoms with van der Waals surface area (Å²) in [5.41, 5.74) is 7.36. The summed E-state index contributed by atoms with van der Waals surface area (Å²) in [6, 6.07) is 31.0. The molecule has 1 aromatic heterocycles. The first kappa shape index (κ1) is 25.6. The quantitative estimate of drug-likeness (QED) is 0.215. The number of anilines is 3. The van der Waals surface area contributed by atoms with Crippen molar-refractivity contribution in [1.29, 1.82) is 0 Å². The van der Waals surface area contributed by atoms with E-state index in [2.05, 4.69) is 157 Å². The molecule has 0 amide bonds. The van der Waals surface area contributed by atoms with E-state index in [0.29, 0.717) is 4.73 Å². The fraction of sp³-hybridized carbons (Fsp3) is 0.250. The second-order valence-electron chi connectivity index (χ2n) is 11.5. The van der Waals surface area contributed by atoms with Gasteiger partial charge >= 0.3 is 0 Å². The van der Waals surface area contributed by atoms with E-state index in [-0.39, 0.29) is 10.8 Å². The third-order valence-electron chi connectivity index (χ3n) is 6.74. The van der Waals surface area contributed by atoms with Crippen LogP contribution >= 0.6 is 27.5 Å². The molecule has 3 nitrogen and oxygen atoms in total. The van der Waals surface area contributed by atoms with Gasteiger partial charge in [-0.3, -0.25) is 0 Å². The zero-order valence-electron chi connectivity index (χ0n) is 22.2. The molecule has 0 fully saturated rings. The number of benzene rings is 4. The van der Waals surface area contributed by atoms with E-state index in [1.54, 1.807) is 0 Å². The van der Waals surface area contributed by atoms with Crippen molar-refractivity contribution in [3.05, 3.63) is 101 Å². The summed E-state index contributed by atoms with van der Waals surface area (Å²) in [6.45, 7) is 13.5. The van der Waals surface area contributed by atoms with Gasteiger partial charge in [-0.1, -0.05) is 90.1 Å². The van der Waals surface area contributed by atoms with Gasteiger partial charge in [0.05, 0.1) is 0 Å². The SMILES string of the molecule is CC(C)(C)c1ccc(N(c2ccc(C(C)(C)C)cc2)c2ccc3c(-c4nc(Br)ns4)cccc3c2)cc1. The summed E-state index contributed by atoms with van der Waals surface area (Å²) in [7, 11) is 0. The molecule has 5 aromatic rings.